The van der Waals surface area contributed by atoms with Crippen molar-refractivity contribution in [2.24, 2.45) is 10.9 Å². The molecule has 166 valence electrons. The van der Waals surface area contributed by atoms with Crippen LogP contribution in [0.2, 0.25) is 0 Å². The number of sulfonamides is 1. The first-order valence-corrected chi connectivity index (χ1v) is 10.7. The van der Waals surface area contributed by atoms with Gasteiger partial charge in [-0.15, -0.1) is 0 Å². The van der Waals surface area contributed by atoms with Crippen molar-refractivity contribution in [1.29, 1.82) is 5.41 Å². The SMILES string of the molecule is C/C(N)=C(/C(=N)c1ccncc1)c1ccc(-c2cccc(S(N)(=O)=O)c2)c(C(F)(F)F)c1. The van der Waals surface area contributed by atoms with Gasteiger partial charge in [-0.3, -0.25) is 10.4 Å². The molecular formula is C22H19F3N4O2S. The van der Waals surface area contributed by atoms with Crippen molar-refractivity contribution in [3.8, 4) is 11.1 Å². The molecule has 32 heavy (non-hydrogen) atoms. The number of hydrogen-bond acceptors (Lipinski definition) is 5. The average molecular weight is 460 g/mol. The Bertz CT molecular complexity index is 1310. The highest BCUT2D eigenvalue weighted by molar-refractivity contribution is 7.89. The van der Waals surface area contributed by atoms with Gasteiger partial charge in [-0.1, -0.05) is 24.3 Å². The number of benzene rings is 2. The zero-order valence-electron chi connectivity index (χ0n) is 16.8. The van der Waals surface area contributed by atoms with Gasteiger partial charge < -0.3 is 5.73 Å². The fraction of sp³-hybridized carbons (Fsp3) is 0.0909. The molecule has 1 aromatic heterocycles. The molecule has 1 heterocycles. The number of nitrogens with zero attached hydrogens (tertiary/aromatic N) is 1. The third kappa shape index (κ3) is 4.87. The van der Waals surface area contributed by atoms with Crippen molar-refractivity contribution in [3.05, 3.63) is 89.4 Å². The fourth-order valence-corrected chi connectivity index (χ4v) is 3.82. The molecule has 0 aliphatic rings. The molecule has 0 saturated heterocycles. The van der Waals surface area contributed by atoms with Gasteiger partial charge in [-0.05, 0) is 53.9 Å². The highest BCUT2D eigenvalue weighted by atomic mass is 32.2. The van der Waals surface area contributed by atoms with Gasteiger partial charge in [-0.2, -0.15) is 13.2 Å². The number of hydrogen-bond donors (Lipinski definition) is 3. The van der Waals surface area contributed by atoms with Gasteiger partial charge >= 0.3 is 6.18 Å². The molecule has 0 fully saturated rings. The zero-order chi connectivity index (χ0) is 23.7. The first-order valence-electron chi connectivity index (χ1n) is 9.20. The summed E-state index contributed by atoms with van der Waals surface area (Å²) in [7, 11) is -4.09. The first kappa shape index (κ1) is 23.2. The molecule has 0 aliphatic carbocycles. The van der Waals surface area contributed by atoms with E-state index >= 15 is 0 Å². The second kappa shape index (κ2) is 8.56. The molecule has 0 atom stereocenters. The molecular weight excluding hydrogens is 441 g/mol. The lowest BCUT2D eigenvalue weighted by molar-refractivity contribution is -0.137. The van der Waals surface area contributed by atoms with Crippen LogP contribution in [0.5, 0.6) is 0 Å². The van der Waals surface area contributed by atoms with Crippen LogP contribution in [0, 0.1) is 5.41 Å². The van der Waals surface area contributed by atoms with E-state index in [-0.39, 0.29) is 38.6 Å². The van der Waals surface area contributed by atoms with Crippen molar-refractivity contribution >= 4 is 21.3 Å². The summed E-state index contributed by atoms with van der Waals surface area (Å²) in [5.41, 5.74) is 5.57. The highest BCUT2D eigenvalue weighted by Gasteiger charge is 2.34. The largest absolute Gasteiger partial charge is 0.417 e. The summed E-state index contributed by atoms with van der Waals surface area (Å²) in [6.07, 6.45) is -1.82. The summed E-state index contributed by atoms with van der Waals surface area (Å²) in [6.45, 7) is 1.50. The van der Waals surface area contributed by atoms with Crippen molar-refractivity contribution in [2.75, 3.05) is 0 Å². The minimum Gasteiger partial charge on any atom is -0.402 e. The van der Waals surface area contributed by atoms with Crippen LogP contribution in [-0.2, 0) is 16.2 Å². The van der Waals surface area contributed by atoms with Crippen molar-refractivity contribution < 1.29 is 21.6 Å². The Kier molecular flexibility index (Phi) is 6.20. The maximum Gasteiger partial charge on any atom is 0.417 e. The number of rotatable bonds is 5. The predicted molar refractivity (Wildman–Crippen MR) is 116 cm³/mol. The highest BCUT2D eigenvalue weighted by Crippen LogP contribution is 2.39. The summed E-state index contributed by atoms with van der Waals surface area (Å²) in [5, 5.41) is 13.6. The third-order valence-corrected chi connectivity index (χ3v) is 5.61. The Morgan fingerprint density at radius 2 is 1.66 bits per heavy atom. The van der Waals surface area contributed by atoms with Gasteiger partial charge in [0.05, 0.1) is 16.2 Å². The van der Waals surface area contributed by atoms with E-state index < -0.39 is 21.8 Å². The molecule has 0 unspecified atom stereocenters. The number of alkyl halides is 3. The van der Waals surface area contributed by atoms with Crippen LogP contribution in [0.25, 0.3) is 16.7 Å². The smallest absolute Gasteiger partial charge is 0.402 e. The van der Waals surface area contributed by atoms with E-state index in [0.717, 1.165) is 12.1 Å². The van der Waals surface area contributed by atoms with Crippen LogP contribution in [0.1, 0.15) is 23.6 Å². The third-order valence-electron chi connectivity index (χ3n) is 4.70. The Morgan fingerprint density at radius 3 is 2.22 bits per heavy atom. The lowest BCUT2D eigenvalue weighted by Crippen LogP contribution is -2.13. The van der Waals surface area contributed by atoms with Crippen LogP contribution in [0.3, 0.4) is 0 Å². The molecule has 0 saturated carbocycles. The van der Waals surface area contributed by atoms with Crippen LogP contribution >= 0.6 is 0 Å². The number of halogens is 3. The normalized spacial score (nSPS) is 12.9. The van der Waals surface area contributed by atoms with Gasteiger partial charge in [0.15, 0.2) is 0 Å². The predicted octanol–water partition coefficient (Wildman–Crippen LogP) is 4.17. The number of allylic oxidation sites excluding steroid dienone is 2. The fourth-order valence-electron chi connectivity index (χ4n) is 3.26. The number of pyridine rings is 1. The van der Waals surface area contributed by atoms with Gasteiger partial charge in [-0.25, -0.2) is 13.6 Å². The molecule has 0 amide bonds. The Balaban J connectivity index is 2.20. The molecule has 0 aliphatic heterocycles. The summed E-state index contributed by atoms with van der Waals surface area (Å²) < 4.78 is 65.2. The van der Waals surface area contributed by atoms with Gasteiger partial charge in [0.1, 0.15) is 0 Å². The monoisotopic (exact) mass is 460 g/mol. The number of nitrogens with one attached hydrogen (secondary N) is 1. The van der Waals surface area contributed by atoms with E-state index in [1.807, 2.05) is 0 Å². The topological polar surface area (TPSA) is 123 Å². The van der Waals surface area contributed by atoms with Crippen LogP contribution in [0.4, 0.5) is 13.2 Å². The minimum atomic E-state index is -4.75. The molecule has 2 aromatic carbocycles. The molecule has 10 heteroatoms. The molecule has 5 N–H and O–H groups in total. The molecule has 0 bridgehead atoms. The van der Waals surface area contributed by atoms with Gasteiger partial charge in [0.25, 0.3) is 0 Å². The zero-order valence-corrected chi connectivity index (χ0v) is 17.6. The summed E-state index contributed by atoms with van der Waals surface area (Å²) in [4.78, 5) is 3.58. The molecule has 3 rings (SSSR count). The maximum atomic E-state index is 14.0. The Hall–Kier alpha value is -3.50. The molecule has 3 aromatic rings. The molecule has 0 spiro atoms. The van der Waals surface area contributed by atoms with E-state index in [2.05, 4.69) is 4.98 Å². The van der Waals surface area contributed by atoms with Crippen molar-refractivity contribution in [3.63, 3.8) is 0 Å². The van der Waals surface area contributed by atoms with Crippen molar-refractivity contribution in [1.82, 2.24) is 4.98 Å². The number of nitrogens with two attached hydrogens (primary N) is 2. The second-order valence-electron chi connectivity index (χ2n) is 7.00. The maximum absolute atomic E-state index is 14.0. The van der Waals surface area contributed by atoms with Gasteiger partial charge in [0.2, 0.25) is 10.0 Å². The van der Waals surface area contributed by atoms with Crippen molar-refractivity contribution in [2.45, 2.75) is 18.0 Å². The van der Waals surface area contributed by atoms with E-state index in [4.69, 9.17) is 16.3 Å². The van der Waals surface area contributed by atoms with Crippen LogP contribution < -0.4 is 10.9 Å². The Morgan fingerprint density at radius 1 is 1.00 bits per heavy atom. The minimum absolute atomic E-state index is 0.0367. The van der Waals surface area contributed by atoms with E-state index in [9.17, 15) is 21.6 Å². The lowest BCUT2D eigenvalue weighted by Gasteiger charge is -2.18. The van der Waals surface area contributed by atoms with Gasteiger partial charge in [0, 0.05) is 29.2 Å². The van der Waals surface area contributed by atoms with E-state index in [1.165, 1.54) is 49.6 Å². The quantitative estimate of drug-likeness (QED) is 0.495. The second-order valence-corrected chi connectivity index (χ2v) is 8.56. The average Bonchev–Trinajstić information content (AvgIpc) is 2.73. The molecule has 0 radical (unpaired) electrons. The summed E-state index contributed by atoms with van der Waals surface area (Å²) in [6, 6.07) is 11.6. The molecule has 6 nitrogen and oxygen atoms in total. The number of primary sulfonamides is 1. The Labute approximate surface area is 183 Å². The van der Waals surface area contributed by atoms with Crippen LogP contribution in [-0.4, -0.2) is 19.1 Å². The summed E-state index contributed by atoms with van der Waals surface area (Å²) >= 11 is 0. The summed E-state index contributed by atoms with van der Waals surface area (Å²) in [5.74, 6) is 0. The van der Waals surface area contributed by atoms with E-state index in [0.29, 0.717) is 5.56 Å². The standard InChI is InChI=1S/C22H19F3N4O2S/c1-13(26)20(21(27)14-7-9-29-10-8-14)16-5-6-18(19(12-16)22(23,24)25)15-3-2-4-17(11-15)32(28,30)31/h2-12,27H,26H2,1H3,(H2,28,30,31)/b20-13-,27-21?. The lowest BCUT2D eigenvalue weighted by atomic mass is 9.90. The number of aromatic nitrogens is 1. The van der Waals surface area contributed by atoms with Crippen LogP contribution in [0.15, 0.2) is 77.6 Å². The van der Waals surface area contributed by atoms with E-state index in [1.54, 1.807) is 12.1 Å². The first-order chi connectivity index (χ1) is 14.9.